The Labute approximate surface area is 362 Å². The molecule has 298 valence electrons. The summed E-state index contributed by atoms with van der Waals surface area (Å²) < 4.78 is 5.85. The smallest absolute Gasteiger partial charge is 0.373 e. The van der Waals surface area contributed by atoms with E-state index in [0.29, 0.717) is 50.2 Å². The highest BCUT2D eigenvalue weighted by atomic mass is 17.3. The van der Waals surface area contributed by atoms with Gasteiger partial charge in [0.25, 0.3) is 11.4 Å². The van der Waals surface area contributed by atoms with Crippen molar-refractivity contribution >= 4 is 22.7 Å². The van der Waals surface area contributed by atoms with E-state index in [9.17, 15) is 15.3 Å². The van der Waals surface area contributed by atoms with E-state index in [-0.39, 0.29) is 30.2 Å². The van der Waals surface area contributed by atoms with Crippen LogP contribution >= 0.6 is 0 Å². The van der Waals surface area contributed by atoms with Gasteiger partial charge in [0.05, 0.1) is 37.4 Å². The molecule has 1 atom stereocenters. The van der Waals surface area contributed by atoms with Gasteiger partial charge >= 0.3 is 12.4 Å². The summed E-state index contributed by atoms with van der Waals surface area (Å²) in [6.07, 6.45) is 0. The van der Waals surface area contributed by atoms with Crippen molar-refractivity contribution in [1.82, 2.24) is 0 Å². The number of nitrogens with zero attached hydrogens (tertiary/aromatic N) is 5. The van der Waals surface area contributed by atoms with Crippen molar-refractivity contribution in [3.05, 3.63) is 229 Å². The molecule has 6 aromatic carbocycles. The number of carbonyl (C=O) groups is 1. The molecular weight excluding hydrogens is 791 g/mol. The summed E-state index contributed by atoms with van der Waals surface area (Å²) in [5.74, 6) is -0.868. The van der Waals surface area contributed by atoms with Gasteiger partial charge in [0, 0.05) is 16.7 Å². The molecule has 0 N–H and O–H groups in total. The Bertz CT molecular complexity index is 3240. The molecule has 0 fully saturated rings. The van der Waals surface area contributed by atoms with Crippen LogP contribution in [0.15, 0.2) is 144 Å². The highest BCUT2D eigenvalue weighted by molar-refractivity contribution is 6.10. The van der Waals surface area contributed by atoms with E-state index in [1.54, 1.807) is 55.5 Å². The minimum absolute atomic E-state index is 0.0371. The first kappa shape index (κ1) is 39.7. The van der Waals surface area contributed by atoms with E-state index < -0.39 is 12.4 Å². The van der Waals surface area contributed by atoms with Gasteiger partial charge in [-0.25, -0.2) is 39.6 Å². The van der Waals surface area contributed by atoms with Crippen molar-refractivity contribution in [1.29, 1.82) is 10.5 Å². The summed E-state index contributed by atoms with van der Waals surface area (Å²) in [5, 5.41) is 19.7. The molecule has 0 amide bonds. The van der Waals surface area contributed by atoms with Crippen LogP contribution in [0.25, 0.3) is 64.6 Å². The maximum Gasteiger partial charge on any atom is 0.373 e. The molecular formula is C52H29N5O6. The van der Waals surface area contributed by atoms with Crippen molar-refractivity contribution < 1.29 is 29.1 Å². The molecule has 1 unspecified atom stereocenters. The Balaban J connectivity index is 1.03. The summed E-state index contributed by atoms with van der Waals surface area (Å²) in [6.45, 7) is 22.7. The molecule has 11 nitrogen and oxygen atoms in total. The Morgan fingerprint density at radius 2 is 0.921 bits per heavy atom. The monoisotopic (exact) mass is 819 g/mol. The third-order valence-corrected chi connectivity index (χ3v) is 11.2. The fraction of sp³-hybridized carbons (Fsp3) is 0.0769. The molecule has 6 aromatic rings. The van der Waals surface area contributed by atoms with E-state index in [2.05, 4.69) is 14.5 Å². The van der Waals surface area contributed by atoms with Crippen LogP contribution in [0.4, 0.5) is 0 Å². The topological polar surface area (TPSA) is 124 Å². The SMILES string of the molecule is [C-]#[N+]/C(C)=C1/c2ccccc2-c2c(COOC(OOCc3cccc4c3-c3ccccc3/C4=C(\C#N)[N+]#[C-])OC(=O)c3cccc4c3-c3ccccc3/C4=C(/C#N)[N+]#[C-])cccc21. The molecule has 9 rings (SSSR count). The van der Waals surface area contributed by atoms with Gasteiger partial charge in [-0.1, -0.05) is 121 Å². The minimum atomic E-state index is -1.88. The number of allylic oxidation sites excluding steroid dienone is 3. The standard InChI is InChI=1S/C52H29N5O6/c1-30(55-2)45-33-16-5-6-17-34(33)46-31(14-11-22-39(45)46)28-59-62-52(61-51(58)42-25-13-24-41-48(42)36-19-8-10-21-38(36)50(41)44(27-54)57-4)63-60-29-32-15-12-23-40-47(32)35-18-7-9-20-37(35)49(40)43(26-53)56-3/h5-25,52H,28-29H2,1H3/b45-30-,49-43-,50-44+. The zero-order chi connectivity index (χ0) is 43.6. The lowest BCUT2D eigenvalue weighted by molar-refractivity contribution is -0.516. The Morgan fingerprint density at radius 1 is 0.524 bits per heavy atom. The molecule has 63 heavy (non-hydrogen) atoms. The first-order valence-electron chi connectivity index (χ1n) is 19.5. The Morgan fingerprint density at radius 3 is 1.38 bits per heavy atom. The molecule has 0 aromatic heterocycles. The van der Waals surface area contributed by atoms with Gasteiger partial charge in [-0.15, -0.1) is 0 Å². The van der Waals surface area contributed by atoms with E-state index in [1.165, 1.54) is 0 Å². The second-order valence-corrected chi connectivity index (χ2v) is 14.4. The van der Waals surface area contributed by atoms with Crippen molar-refractivity contribution in [3.8, 4) is 45.5 Å². The van der Waals surface area contributed by atoms with Crippen LogP contribution in [0.1, 0.15) is 61.8 Å². The molecule has 0 bridgehead atoms. The maximum atomic E-state index is 14.3. The van der Waals surface area contributed by atoms with Crippen molar-refractivity contribution in [3.63, 3.8) is 0 Å². The van der Waals surface area contributed by atoms with Crippen LogP contribution in [-0.2, 0) is 37.5 Å². The summed E-state index contributed by atoms with van der Waals surface area (Å²) in [6, 6.07) is 42.6. The number of esters is 1. The maximum absolute atomic E-state index is 14.3. The van der Waals surface area contributed by atoms with Gasteiger partial charge in [0.1, 0.15) is 13.2 Å². The Kier molecular flexibility index (Phi) is 10.6. The number of benzene rings is 6. The Hall–Kier alpha value is -8.70. The van der Waals surface area contributed by atoms with Gasteiger partial charge in [-0.05, 0) is 90.9 Å². The fourth-order valence-corrected chi connectivity index (χ4v) is 8.65. The van der Waals surface area contributed by atoms with E-state index in [4.69, 9.17) is 44.0 Å². The molecule has 3 aliphatic carbocycles. The van der Waals surface area contributed by atoms with Crippen molar-refractivity contribution in [2.24, 2.45) is 0 Å². The van der Waals surface area contributed by atoms with E-state index in [1.807, 2.05) is 91.0 Å². The lowest BCUT2D eigenvalue weighted by Gasteiger charge is -2.18. The third-order valence-electron chi connectivity index (χ3n) is 11.2. The van der Waals surface area contributed by atoms with E-state index >= 15 is 0 Å². The molecule has 11 heteroatoms. The molecule has 0 spiro atoms. The van der Waals surface area contributed by atoms with E-state index in [0.717, 1.165) is 50.1 Å². The lowest BCUT2D eigenvalue weighted by atomic mass is 9.99. The minimum Gasteiger partial charge on any atom is -0.403 e. The molecule has 0 saturated carbocycles. The molecule has 3 aliphatic rings. The van der Waals surface area contributed by atoms with Crippen LogP contribution in [0.5, 0.6) is 0 Å². The molecule has 0 radical (unpaired) electrons. The fourth-order valence-electron chi connectivity index (χ4n) is 8.65. The van der Waals surface area contributed by atoms with Crippen LogP contribution < -0.4 is 0 Å². The molecule has 0 aliphatic heterocycles. The second kappa shape index (κ2) is 16.7. The van der Waals surface area contributed by atoms with Crippen molar-refractivity contribution in [2.45, 2.75) is 26.6 Å². The largest absolute Gasteiger partial charge is 0.403 e. The number of hydrogen-bond acceptors (Lipinski definition) is 8. The predicted molar refractivity (Wildman–Crippen MR) is 231 cm³/mol. The van der Waals surface area contributed by atoms with Crippen LogP contribution in [0, 0.1) is 42.4 Å². The average Bonchev–Trinajstić information content (AvgIpc) is 3.96. The normalized spacial score (nSPS) is 15.0. The van der Waals surface area contributed by atoms with Crippen molar-refractivity contribution in [2.75, 3.05) is 0 Å². The average molecular weight is 820 g/mol. The van der Waals surface area contributed by atoms with Gasteiger partial charge in [0.2, 0.25) is 0 Å². The highest BCUT2D eigenvalue weighted by Gasteiger charge is 2.33. The summed E-state index contributed by atoms with van der Waals surface area (Å²) in [4.78, 5) is 47.9. The lowest BCUT2D eigenvalue weighted by Crippen LogP contribution is -2.25. The first-order chi connectivity index (χ1) is 30.9. The summed E-state index contributed by atoms with van der Waals surface area (Å²) in [5.41, 5.74) is 12.6. The van der Waals surface area contributed by atoms with Crippen LogP contribution in [0.2, 0.25) is 0 Å². The first-order valence-corrected chi connectivity index (χ1v) is 19.5. The van der Waals surface area contributed by atoms with Gasteiger partial charge in [0.15, 0.2) is 5.70 Å². The van der Waals surface area contributed by atoms with Gasteiger partial charge in [-0.3, -0.25) is 0 Å². The number of hydrogen-bond donors (Lipinski definition) is 0. The number of rotatable bonds is 10. The van der Waals surface area contributed by atoms with Gasteiger partial charge < -0.3 is 4.74 Å². The zero-order valence-electron chi connectivity index (χ0n) is 33.3. The quantitative estimate of drug-likeness (QED) is 0.0334. The third kappa shape index (κ3) is 6.74. The number of nitriles is 2. The number of fused-ring (bicyclic) bond motifs is 9. The molecule has 0 heterocycles. The van der Waals surface area contributed by atoms with Gasteiger partial charge in [-0.2, -0.15) is 9.78 Å². The summed E-state index contributed by atoms with van der Waals surface area (Å²) >= 11 is 0. The highest BCUT2D eigenvalue weighted by Crippen LogP contribution is 2.50. The second-order valence-electron chi connectivity index (χ2n) is 14.4. The number of carbonyl (C=O) groups excluding carboxylic acids is 1. The predicted octanol–water partition coefficient (Wildman–Crippen LogP) is 11.5. The zero-order valence-corrected chi connectivity index (χ0v) is 33.3. The van der Waals surface area contributed by atoms with Crippen LogP contribution in [-0.4, -0.2) is 12.4 Å². The number of ether oxygens (including phenoxy) is 1. The van der Waals surface area contributed by atoms with Crippen LogP contribution in [0.3, 0.4) is 0 Å². The summed E-state index contributed by atoms with van der Waals surface area (Å²) in [7, 11) is 0. The molecule has 0 saturated heterocycles.